The normalized spacial score (nSPS) is 16.6. The summed E-state index contributed by atoms with van der Waals surface area (Å²) in [5, 5.41) is 5.60. The molecule has 1 unspecified atom stereocenters. The van der Waals surface area contributed by atoms with Gasteiger partial charge in [0.1, 0.15) is 5.75 Å². The highest BCUT2D eigenvalue weighted by Crippen LogP contribution is 2.37. The average Bonchev–Trinajstić information content (AvgIpc) is 3.00. The molecule has 0 fully saturated rings. The van der Waals surface area contributed by atoms with Crippen LogP contribution in [0.3, 0.4) is 0 Å². The van der Waals surface area contributed by atoms with Crippen LogP contribution in [0.2, 0.25) is 0 Å². The molecule has 0 N–H and O–H groups in total. The topological polar surface area (TPSA) is 64.0 Å². The van der Waals surface area contributed by atoms with Crippen molar-refractivity contribution in [2.24, 2.45) is 5.10 Å². The molecule has 0 aliphatic carbocycles. The lowest BCUT2D eigenvalue weighted by Crippen LogP contribution is -2.25. The number of halogens is 2. The average molecular weight is 455 g/mol. The number of rotatable bonds is 3. The molecule has 1 aromatic carbocycles. The number of amides is 1. The number of nitrogens with zero attached hydrogens (tertiary/aromatic N) is 3. The highest BCUT2D eigenvalue weighted by atomic mass is 79.9. The summed E-state index contributed by atoms with van der Waals surface area (Å²) in [4.78, 5) is 16.1. The minimum Gasteiger partial charge on any atom is -0.496 e. The van der Waals surface area contributed by atoms with E-state index in [0.29, 0.717) is 22.8 Å². The van der Waals surface area contributed by atoms with Crippen molar-refractivity contribution in [1.82, 2.24) is 9.99 Å². The fourth-order valence-corrected chi connectivity index (χ4v) is 3.06. The van der Waals surface area contributed by atoms with Crippen LogP contribution >= 0.6 is 31.9 Å². The van der Waals surface area contributed by atoms with Gasteiger partial charge in [0.15, 0.2) is 0 Å². The number of hydrazone groups is 1. The summed E-state index contributed by atoms with van der Waals surface area (Å²) < 4.78 is 13.0. The first kappa shape index (κ1) is 16.9. The van der Waals surface area contributed by atoms with Gasteiger partial charge in [-0.05, 0) is 40.2 Å². The molecule has 2 aromatic rings. The van der Waals surface area contributed by atoms with Gasteiger partial charge < -0.3 is 9.47 Å². The van der Waals surface area contributed by atoms with E-state index in [9.17, 15) is 4.79 Å². The second-order valence-corrected chi connectivity index (χ2v) is 6.85. The number of ether oxygens (including phenoxy) is 2. The van der Waals surface area contributed by atoms with Crippen molar-refractivity contribution in [1.29, 1.82) is 0 Å². The van der Waals surface area contributed by atoms with E-state index in [1.54, 1.807) is 25.6 Å². The first-order valence-electron chi connectivity index (χ1n) is 6.99. The highest BCUT2D eigenvalue weighted by Gasteiger charge is 2.35. The minimum absolute atomic E-state index is 0.236. The molecule has 0 radical (unpaired) electrons. The van der Waals surface area contributed by atoms with Gasteiger partial charge in [-0.25, -0.2) is 0 Å². The third-order valence-corrected chi connectivity index (χ3v) is 4.30. The van der Waals surface area contributed by atoms with Crippen molar-refractivity contribution in [2.45, 2.75) is 13.2 Å². The van der Waals surface area contributed by atoms with E-state index in [1.165, 1.54) is 11.9 Å². The van der Waals surface area contributed by atoms with Gasteiger partial charge in [-0.15, -0.1) is 5.10 Å². The maximum absolute atomic E-state index is 12.0. The molecular formula is C16H13Br2N3O3. The van der Waals surface area contributed by atoms with Crippen molar-refractivity contribution in [3.63, 3.8) is 0 Å². The molecule has 0 saturated carbocycles. The van der Waals surface area contributed by atoms with Crippen LogP contribution in [0.1, 0.15) is 24.3 Å². The molecule has 0 saturated heterocycles. The molecule has 1 amide bonds. The number of benzene rings is 1. The van der Waals surface area contributed by atoms with Crippen molar-refractivity contribution >= 4 is 43.7 Å². The van der Waals surface area contributed by atoms with Crippen molar-refractivity contribution in [3.8, 4) is 5.75 Å². The lowest BCUT2D eigenvalue weighted by molar-refractivity contribution is -0.135. The lowest BCUT2D eigenvalue weighted by atomic mass is 10.1. The Hall–Kier alpha value is -1.93. The third-order valence-electron chi connectivity index (χ3n) is 3.38. The molecule has 2 heterocycles. The zero-order valence-corrected chi connectivity index (χ0v) is 16.0. The fourth-order valence-electron chi connectivity index (χ4n) is 2.31. The summed E-state index contributed by atoms with van der Waals surface area (Å²) in [6.07, 6.45) is 2.59. The first-order valence-corrected chi connectivity index (χ1v) is 8.57. The number of pyridine rings is 1. The quantitative estimate of drug-likeness (QED) is 0.706. The van der Waals surface area contributed by atoms with Gasteiger partial charge in [0.25, 0.3) is 0 Å². The van der Waals surface area contributed by atoms with Crippen LogP contribution < -0.4 is 4.74 Å². The van der Waals surface area contributed by atoms with Crippen molar-refractivity contribution < 1.29 is 14.3 Å². The van der Waals surface area contributed by atoms with Crippen LogP contribution in [-0.4, -0.2) is 28.9 Å². The van der Waals surface area contributed by atoms with Crippen LogP contribution in [0, 0.1) is 0 Å². The maximum Gasteiger partial charge on any atom is 0.243 e. The van der Waals surface area contributed by atoms with Crippen LogP contribution in [0.15, 0.2) is 50.7 Å². The van der Waals surface area contributed by atoms with E-state index in [1.807, 2.05) is 18.2 Å². The van der Waals surface area contributed by atoms with Crippen molar-refractivity contribution in [2.75, 3.05) is 7.11 Å². The van der Waals surface area contributed by atoms with Gasteiger partial charge in [-0.2, -0.15) is 5.01 Å². The van der Waals surface area contributed by atoms with Gasteiger partial charge in [0.2, 0.25) is 18.0 Å². The Morgan fingerprint density at radius 3 is 2.71 bits per heavy atom. The maximum atomic E-state index is 12.0. The van der Waals surface area contributed by atoms with Gasteiger partial charge in [-0.1, -0.05) is 15.9 Å². The zero-order chi connectivity index (χ0) is 17.3. The van der Waals surface area contributed by atoms with Gasteiger partial charge in [0.05, 0.1) is 18.2 Å². The summed E-state index contributed by atoms with van der Waals surface area (Å²) in [5.74, 6) is 0.698. The summed E-state index contributed by atoms with van der Waals surface area (Å²) in [7, 11) is 1.57. The van der Waals surface area contributed by atoms with Crippen LogP contribution in [0.4, 0.5) is 0 Å². The molecule has 124 valence electrons. The Bertz CT molecular complexity index is 826. The van der Waals surface area contributed by atoms with E-state index in [4.69, 9.17) is 9.47 Å². The Kier molecular flexibility index (Phi) is 4.86. The number of hydrogen-bond donors (Lipinski definition) is 0. The van der Waals surface area contributed by atoms with E-state index < -0.39 is 6.23 Å². The molecule has 24 heavy (non-hydrogen) atoms. The molecule has 1 aliphatic rings. The summed E-state index contributed by atoms with van der Waals surface area (Å²) in [6, 6.07) is 7.33. The van der Waals surface area contributed by atoms with E-state index in [0.717, 1.165) is 8.95 Å². The predicted octanol–water partition coefficient (Wildman–Crippen LogP) is 3.85. The Morgan fingerprint density at radius 1 is 1.25 bits per heavy atom. The largest absolute Gasteiger partial charge is 0.496 e. The molecule has 6 nitrogen and oxygen atoms in total. The van der Waals surface area contributed by atoms with Crippen LogP contribution in [-0.2, 0) is 9.53 Å². The highest BCUT2D eigenvalue weighted by molar-refractivity contribution is 9.10. The Morgan fingerprint density at radius 2 is 2.04 bits per heavy atom. The minimum atomic E-state index is -0.705. The van der Waals surface area contributed by atoms with Crippen LogP contribution in [0.25, 0.3) is 0 Å². The summed E-state index contributed by atoms with van der Waals surface area (Å²) >= 11 is 6.80. The first-order chi connectivity index (χ1) is 11.5. The Balaban J connectivity index is 2.02. The number of carbonyl (C=O) groups excluding carboxylic acids is 1. The second kappa shape index (κ2) is 6.90. The zero-order valence-electron chi connectivity index (χ0n) is 12.9. The number of aromatic nitrogens is 1. The SMILES string of the molecule is COc1ccc(Br)cc1C1OC(c2cncc(Br)c2)=NN1C(C)=O. The predicted molar refractivity (Wildman–Crippen MR) is 95.5 cm³/mol. The number of carbonyl (C=O) groups is 1. The molecule has 3 rings (SSSR count). The van der Waals surface area contributed by atoms with Gasteiger partial charge in [0, 0.05) is 28.3 Å². The summed E-state index contributed by atoms with van der Waals surface area (Å²) in [6.45, 7) is 1.44. The monoisotopic (exact) mass is 453 g/mol. The van der Waals surface area contributed by atoms with Gasteiger partial charge >= 0.3 is 0 Å². The standard InChI is InChI=1S/C16H13Br2N3O3/c1-9(22)21-16(13-6-11(17)3-4-14(13)23-2)24-15(20-21)10-5-12(18)8-19-7-10/h3-8,16H,1-2H3. The van der Waals surface area contributed by atoms with E-state index >= 15 is 0 Å². The molecule has 0 bridgehead atoms. The van der Waals surface area contributed by atoms with E-state index in [2.05, 4.69) is 41.9 Å². The lowest BCUT2D eigenvalue weighted by Gasteiger charge is -2.21. The van der Waals surface area contributed by atoms with E-state index in [-0.39, 0.29) is 5.91 Å². The number of methoxy groups -OCH3 is 1. The molecule has 1 aliphatic heterocycles. The molecular weight excluding hydrogens is 442 g/mol. The smallest absolute Gasteiger partial charge is 0.243 e. The Labute approximate surface area is 155 Å². The van der Waals surface area contributed by atoms with Crippen LogP contribution in [0.5, 0.6) is 5.75 Å². The molecule has 1 aromatic heterocycles. The third kappa shape index (κ3) is 3.29. The van der Waals surface area contributed by atoms with Crippen molar-refractivity contribution in [3.05, 3.63) is 56.7 Å². The molecule has 1 atom stereocenters. The van der Waals surface area contributed by atoms with Gasteiger partial charge in [-0.3, -0.25) is 9.78 Å². The molecule has 0 spiro atoms. The fraction of sp³-hybridized carbons (Fsp3) is 0.188. The molecule has 8 heteroatoms. The summed E-state index contributed by atoms with van der Waals surface area (Å²) in [5.41, 5.74) is 1.37. The number of hydrogen-bond acceptors (Lipinski definition) is 5. The second-order valence-electron chi connectivity index (χ2n) is 5.02.